The Labute approximate surface area is 149 Å². The first kappa shape index (κ1) is 17.0. The Bertz CT molecular complexity index is 936. The van der Waals surface area contributed by atoms with Crippen LogP contribution in [0.25, 0.3) is 10.2 Å². The van der Waals surface area contributed by atoms with Gasteiger partial charge in [0.25, 0.3) is 5.91 Å². The summed E-state index contributed by atoms with van der Waals surface area (Å²) in [7, 11) is 0. The molecule has 3 rings (SSSR count). The number of thioether (sulfide) groups is 1. The van der Waals surface area contributed by atoms with E-state index in [1.165, 1.54) is 4.90 Å². The molecule has 0 unspecified atom stereocenters. The second-order valence-electron chi connectivity index (χ2n) is 5.32. The summed E-state index contributed by atoms with van der Waals surface area (Å²) in [6.07, 6.45) is 4.70. The lowest BCUT2D eigenvalue weighted by Crippen LogP contribution is -2.18. The number of amides is 1. The first-order valence-corrected chi connectivity index (χ1v) is 10.00. The van der Waals surface area contributed by atoms with Crippen molar-refractivity contribution < 1.29 is 4.79 Å². The number of nitrogens with zero attached hydrogens (tertiary/aromatic N) is 4. The minimum absolute atomic E-state index is 0.240. The van der Waals surface area contributed by atoms with E-state index in [1.807, 2.05) is 6.92 Å². The minimum Gasteiger partial charge on any atom is -0.316 e. The maximum absolute atomic E-state index is 12.6. The number of rotatable bonds is 5. The van der Waals surface area contributed by atoms with Gasteiger partial charge >= 0.3 is 0 Å². The van der Waals surface area contributed by atoms with E-state index in [4.69, 9.17) is 0 Å². The molecule has 0 bridgehead atoms. The van der Waals surface area contributed by atoms with Gasteiger partial charge in [0, 0.05) is 24.2 Å². The van der Waals surface area contributed by atoms with Crippen molar-refractivity contribution in [3.63, 3.8) is 0 Å². The van der Waals surface area contributed by atoms with Gasteiger partial charge in [-0.05, 0) is 43.9 Å². The van der Waals surface area contributed by atoms with Crippen LogP contribution in [-0.4, -0.2) is 26.5 Å². The van der Waals surface area contributed by atoms with Gasteiger partial charge in [-0.15, -0.1) is 11.8 Å². The lowest BCUT2D eigenvalue weighted by atomic mass is 10.3. The Morgan fingerprint density at radius 1 is 1.33 bits per heavy atom. The molecule has 24 heavy (non-hydrogen) atoms. The zero-order valence-corrected chi connectivity index (χ0v) is 15.7. The molecule has 0 saturated heterocycles. The maximum Gasteiger partial charge on any atom is 0.297 e. The largest absolute Gasteiger partial charge is 0.316 e. The highest BCUT2D eigenvalue weighted by Gasteiger charge is 2.12. The van der Waals surface area contributed by atoms with Crippen LogP contribution in [-0.2, 0) is 13.1 Å². The number of fused-ring (bicyclic) bond motifs is 1. The van der Waals surface area contributed by atoms with E-state index in [9.17, 15) is 4.79 Å². The monoisotopic (exact) mass is 360 g/mol. The van der Waals surface area contributed by atoms with E-state index >= 15 is 0 Å². The Balaban J connectivity index is 2.13. The van der Waals surface area contributed by atoms with Crippen LogP contribution in [0.2, 0.25) is 0 Å². The maximum atomic E-state index is 12.6. The van der Waals surface area contributed by atoms with Crippen molar-refractivity contribution in [2.75, 3.05) is 6.26 Å². The van der Waals surface area contributed by atoms with Crippen molar-refractivity contribution in [1.82, 2.24) is 14.3 Å². The highest BCUT2D eigenvalue weighted by Crippen LogP contribution is 2.24. The molecule has 1 amide bonds. The van der Waals surface area contributed by atoms with Crippen LogP contribution >= 0.6 is 23.1 Å². The highest BCUT2D eigenvalue weighted by molar-refractivity contribution is 7.98. The zero-order valence-electron chi connectivity index (χ0n) is 14.0. The van der Waals surface area contributed by atoms with Crippen LogP contribution in [0.15, 0.2) is 40.4 Å². The number of aryl methyl sites for hydroxylation is 2. The average molecular weight is 361 g/mol. The Hall–Kier alpha value is -1.86. The molecule has 2 heterocycles. The summed E-state index contributed by atoms with van der Waals surface area (Å²) < 4.78 is 4.97. The van der Waals surface area contributed by atoms with Gasteiger partial charge < -0.3 is 4.57 Å². The molecule has 7 heteroatoms. The first-order valence-electron chi connectivity index (χ1n) is 7.96. The van der Waals surface area contributed by atoms with Crippen molar-refractivity contribution in [1.29, 1.82) is 0 Å². The fourth-order valence-electron chi connectivity index (χ4n) is 2.62. The normalized spacial score (nSPS) is 12.2. The number of thiazole rings is 1. The van der Waals surface area contributed by atoms with E-state index < -0.39 is 0 Å². The predicted octanol–water partition coefficient (Wildman–Crippen LogP) is 3.79. The summed E-state index contributed by atoms with van der Waals surface area (Å²) in [6, 6.07) is 8.12. The molecular formula is C17H20N4OS2. The number of hydrogen-bond acceptors (Lipinski definition) is 4. The Kier molecular flexibility index (Phi) is 5.20. The number of carbonyl (C=O) groups is 1. The number of hydrogen-bond donors (Lipinski definition) is 0. The van der Waals surface area contributed by atoms with Gasteiger partial charge in [-0.3, -0.25) is 9.48 Å². The standard InChI is InChI=1S/C17H20N4OS2/c1-4-10-20-13-7-6-12(23-3)11-15(13)24-17(20)19-16(22)14-8-9-18-21(14)5-2/h6-9,11H,4-5,10H2,1-3H3. The molecule has 0 atom stereocenters. The summed E-state index contributed by atoms with van der Waals surface area (Å²) >= 11 is 3.28. The summed E-state index contributed by atoms with van der Waals surface area (Å²) in [4.78, 5) is 18.9. The van der Waals surface area contributed by atoms with Crippen molar-refractivity contribution in [2.24, 2.45) is 4.99 Å². The summed E-state index contributed by atoms with van der Waals surface area (Å²) in [5.74, 6) is -0.240. The molecule has 0 radical (unpaired) electrons. The Morgan fingerprint density at radius 3 is 2.88 bits per heavy atom. The molecule has 1 aromatic carbocycles. The third kappa shape index (κ3) is 3.18. The second-order valence-corrected chi connectivity index (χ2v) is 7.21. The molecule has 0 aliphatic heterocycles. The summed E-state index contributed by atoms with van der Waals surface area (Å²) in [6.45, 7) is 5.59. The van der Waals surface area contributed by atoms with Crippen molar-refractivity contribution in [3.05, 3.63) is 41.0 Å². The number of aromatic nitrogens is 3. The van der Waals surface area contributed by atoms with Crippen LogP contribution in [0.1, 0.15) is 30.8 Å². The molecule has 0 aliphatic carbocycles. The predicted molar refractivity (Wildman–Crippen MR) is 99.7 cm³/mol. The van der Waals surface area contributed by atoms with Gasteiger partial charge in [0.2, 0.25) is 0 Å². The molecule has 0 saturated carbocycles. The molecule has 5 nitrogen and oxygen atoms in total. The highest BCUT2D eigenvalue weighted by atomic mass is 32.2. The minimum atomic E-state index is -0.240. The average Bonchev–Trinajstić information content (AvgIpc) is 3.19. The molecule has 3 aromatic rings. The van der Waals surface area contributed by atoms with Crippen molar-refractivity contribution in [2.45, 2.75) is 38.3 Å². The topological polar surface area (TPSA) is 52.2 Å². The number of benzene rings is 1. The lowest BCUT2D eigenvalue weighted by molar-refractivity contribution is 0.0987. The summed E-state index contributed by atoms with van der Waals surface area (Å²) in [5, 5.41) is 4.15. The second kappa shape index (κ2) is 7.36. The van der Waals surface area contributed by atoms with Gasteiger partial charge in [-0.1, -0.05) is 18.3 Å². The van der Waals surface area contributed by atoms with E-state index in [-0.39, 0.29) is 5.91 Å². The van der Waals surface area contributed by atoms with E-state index in [1.54, 1.807) is 40.0 Å². The fraction of sp³-hybridized carbons (Fsp3) is 0.353. The van der Waals surface area contributed by atoms with Gasteiger partial charge in [-0.25, -0.2) is 0 Å². The third-order valence-electron chi connectivity index (χ3n) is 3.77. The summed E-state index contributed by atoms with van der Waals surface area (Å²) in [5.41, 5.74) is 1.66. The Morgan fingerprint density at radius 2 is 2.17 bits per heavy atom. The SMILES string of the molecule is CCCn1c(=NC(=O)c2ccnn2CC)sc2cc(SC)ccc21. The van der Waals surface area contributed by atoms with Crippen LogP contribution in [0.3, 0.4) is 0 Å². The van der Waals surface area contributed by atoms with Crippen LogP contribution < -0.4 is 4.80 Å². The molecule has 2 aromatic heterocycles. The fourth-order valence-corrected chi connectivity index (χ4v) is 4.22. The molecular weight excluding hydrogens is 340 g/mol. The van der Waals surface area contributed by atoms with Crippen LogP contribution in [0.5, 0.6) is 0 Å². The first-order chi connectivity index (χ1) is 11.7. The molecule has 0 N–H and O–H groups in total. The molecule has 0 aliphatic rings. The van der Waals surface area contributed by atoms with Crippen LogP contribution in [0, 0.1) is 0 Å². The van der Waals surface area contributed by atoms with Gasteiger partial charge in [0.1, 0.15) is 5.69 Å². The molecule has 126 valence electrons. The van der Waals surface area contributed by atoms with Gasteiger partial charge in [-0.2, -0.15) is 10.1 Å². The van der Waals surface area contributed by atoms with E-state index in [2.05, 4.69) is 46.0 Å². The number of carbonyl (C=O) groups excluding carboxylic acids is 1. The van der Waals surface area contributed by atoms with Crippen molar-refractivity contribution in [3.8, 4) is 0 Å². The van der Waals surface area contributed by atoms with E-state index in [0.717, 1.165) is 28.0 Å². The lowest BCUT2D eigenvalue weighted by Gasteiger charge is -2.03. The van der Waals surface area contributed by atoms with Crippen LogP contribution in [0.4, 0.5) is 0 Å². The molecule has 0 fully saturated rings. The molecule has 0 spiro atoms. The third-order valence-corrected chi connectivity index (χ3v) is 5.54. The van der Waals surface area contributed by atoms with Gasteiger partial charge in [0.05, 0.1) is 10.2 Å². The quantitative estimate of drug-likeness (QED) is 0.651. The van der Waals surface area contributed by atoms with E-state index in [0.29, 0.717) is 12.2 Å². The van der Waals surface area contributed by atoms with Crippen molar-refractivity contribution >= 4 is 39.2 Å². The van der Waals surface area contributed by atoms with Gasteiger partial charge in [0.15, 0.2) is 4.80 Å². The zero-order chi connectivity index (χ0) is 17.1. The smallest absolute Gasteiger partial charge is 0.297 e.